The van der Waals surface area contributed by atoms with Crippen molar-refractivity contribution in [1.82, 2.24) is 15.2 Å². The van der Waals surface area contributed by atoms with E-state index in [4.69, 9.17) is 0 Å². The van der Waals surface area contributed by atoms with Crippen LogP contribution in [0.3, 0.4) is 0 Å². The van der Waals surface area contributed by atoms with E-state index in [0.29, 0.717) is 6.04 Å². The third kappa shape index (κ3) is 5.55. The van der Waals surface area contributed by atoms with Crippen LogP contribution in [0.4, 0.5) is 0 Å². The summed E-state index contributed by atoms with van der Waals surface area (Å²) in [5, 5.41) is 14.7. The van der Waals surface area contributed by atoms with E-state index in [1.807, 2.05) is 12.3 Å². The molecular formula is C19H33N3O. The average molecular weight is 319 g/mol. The van der Waals surface area contributed by atoms with Crippen LogP contribution < -0.4 is 5.32 Å². The lowest BCUT2D eigenvalue weighted by Gasteiger charge is -2.26. The van der Waals surface area contributed by atoms with Gasteiger partial charge in [-0.3, -0.25) is 4.98 Å². The molecule has 0 amide bonds. The number of hydrogen-bond donors (Lipinski definition) is 2. The van der Waals surface area contributed by atoms with Crippen LogP contribution >= 0.6 is 0 Å². The Morgan fingerprint density at radius 2 is 2.13 bits per heavy atom. The second kappa shape index (κ2) is 8.76. The first-order valence-corrected chi connectivity index (χ1v) is 9.09. The standard InChI is InChI=1S/C19H33N3O/c1-4-5-13-20-17-7-6-11-19(23,12-10-17)18-9-8-16(14-21-18)15-22(2)3/h8-9,14,17,20,23H,4-7,10-13,15H2,1-3H3. The Kier molecular flexibility index (Phi) is 7.00. The molecule has 2 atom stereocenters. The highest BCUT2D eigenvalue weighted by atomic mass is 16.3. The Labute approximate surface area is 141 Å². The van der Waals surface area contributed by atoms with Crippen LogP contribution in [0.25, 0.3) is 0 Å². The van der Waals surface area contributed by atoms with Crippen molar-refractivity contribution < 1.29 is 5.11 Å². The Bertz CT molecular complexity index is 460. The van der Waals surface area contributed by atoms with Gasteiger partial charge in [0.05, 0.1) is 5.69 Å². The molecule has 1 fully saturated rings. The molecule has 1 aliphatic carbocycles. The van der Waals surface area contributed by atoms with E-state index in [1.54, 1.807) is 0 Å². The van der Waals surface area contributed by atoms with Crippen LogP contribution in [-0.4, -0.2) is 41.7 Å². The largest absolute Gasteiger partial charge is 0.384 e. The predicted molar refractivity (Wildman–Crippen MR) is 95.3 cm³/mol. The first-order chi connectivity index (χ1) is 11.0. The summed E-state index contributed by atoms with van der Waals surface area (Å²) in [7, 11) is 4.11. The van der Waals surface area contributed by atoms with Gasteiger partial charge in [-0.25, -0.2) is 0 Å². The van der Waals surface area contributed by atoms with E-state index in [9.17, 15) is 5.11 Å². The lowest BCUT2D eigenvalue weighted by atomic mass is 9.90. The highest BCUT2D eigenvalue weighted by molar-refractivity contribution is 5.19. The van der Waals surface area contributed by atoms with E-state index >= 15 is 0 Å². The van der Waals surface area contributed by atoms with Crippen LogP contribution in [0.1, 0.15) is 63.1 Å². The van der Waals surface area contributed by atoms with Crippen LogP contribution in [0.5, 0.6) is 0 Å². The van der Waals surface area contributed by atoms with Crippen molar-refractivity contribution in [2.45, 2.75) is 70.1 Å². The zero-order valence-corrected chi connectivity index (χ0v) is 15.0. The maximum Gasteiger partial charge on any atom is 0.107 e. The van der Waals surface area contributed by atoms with Gasteiger partial charge in [0.25, 0.3) is 0 Å². The van der Waals surface area contributed by atoms with Gasteiger partial charge >= 0.3 is 0 Å². The summed E-state index contributed by atoms with van der Waals surface area (Å²) in [6.45, 7) is 4.20. The molecule has 1 aromatic heterocycles. The molecule has 4 heteroatoms. The third-order valence-corrected chi connectivity index (χ3v) is 4.81. The SMILES string of the molecule is CCCCNC1CCCC(O)(c2ccc(CN(C)C)cn2)CC1. The number of pyridine rings is 1. The molecule has 0 bridgehead atoms. The first kappa shape index (κ1) is 18.4. The zero-order chi connectivity index (χ0) is 16.7. The molecule has 1 aromatic rings. The normalized spacial score (nSPS) is 25.5. The maximum atomic E-state index is 11.1. The van der Waals surface area contributed by atoms with Gasteiger partial charge in [0.15, 0.2) is 0 Å². The molecule has 2 rings (SSSR count). The van der Waals surface area contributed by atoms with E-state index in [2.05, 4.69) is 42.3 Å². The molecule has 1 saturated carbocycles. The van der Waals surface area contributed by atoms with Crippen LogP contribution in [0.15, 0.2) is 18.3 Å². The van der Waals surface area contributed by atoms with Crippen molar-refractivity contribution in [3.8, 4) is 0 Å². The minimum atomic E-state index is -0.752. The molecule has 4 nitrogen and oxygen atoms in total. The fourth-order valence-electron chi connectivity index (χ4n) is 3.42. The van der Waals surface area contributed by atoms with Gasteiger partial charge in [-0.15, -0.1) is 0 Å². The van der Waals surface area contributed by atoms with E-state index in [0.717, 1.165) is 50.9 Å². The van der Waals surface area contributed by atoms with Crippen LogP contribution in [0.2, 0.25) is 0 Å². The predicted octanol–water partition coefficient (Wildman–Crippen LogP) is 3.05. The molecule has 130 valence electrons. The smallest absolute Gasteiger partial charge is 0.107 e. The molecule has 0 aromatic carbocycles. The summed E-state index contributed by atoms with van der Waals surface area (Å²) >= 11 is 0. The summed E-state index contributed by atoms with van der Waals surface area (Å²) in [5.74, 6) is 0. The van der Waals surface area contributed by atoms with Crippen molar-refractivity contribution >= 4 is 0 Å². The molecule has 0 spiro atoms. The van der Waals surface area contributed by atoms with Gasteiger partial charge in [0.1, 0.15) is 5.60 Å². The van der Waals surface area contributed by atoms with Crippen molar-refractivity contribution in [2.24, 2.45) is 0 Å². The summed E-state index contributed by atoms with van der Waals surface area (Å²) in [5.41, 5.74) is 1.28. The number of hydrogen-bond acceptors (Lipinski definition) is 4. The first-order valence-electron chi connectivity index (χ1n) is 9.09. The van der Waals surface area contributed by atoms with Crippen LogP contribution in [-0.2, 0) is 12.1 Å². The highest BCUT2D eigenvalue weighted by Crippen LogP contribution is 2.35. The second-order valence-corrected chi connectivity index (χ2v) is 7.26. The lowest BCUT2D eigenvalue weighted by molar-refractivity contribution is 0.0158. The Morgan fingerprint density at radius 3 is 2.78 bits per heavy atom. The van der Waals surface area contributed by atoms with Gasteiger partial charge in [-0.05, 0) is 70.8 Å². The number of rotatable bonds is 7. The zero-order valence-electron chi connectivity index (χ0n) is 15.0. The number of unbranched alkanes of at least 4 members (excludes halogenated alkanes) is 1. The topological polar surface area (TPSA) is 48.4 Å². The van der Waals surface area contributed by atoms with Crippen LogP contribution in [0, 0.1) is 0 Å². The molecule has 2 unspecified atom stereocenters. The van der Waals surface area contributed by atoms with E-state index in [1.165, 1.54) is 18.4 Å². The quantitative estimate of drug-likeness (QED) is 0.599. The van der Waals surface area contributed by atoms with Gasteiger partial charge in [-0.2, -0.15) is 0 Å². The fraction of sp³-hybridized carbons (Fsp3) is 0.737. The minimum Gasteiger partial charge on any atom is -0.384 e. The summed E-state index contributed by atoms with van der Waals surface area (Å²) < 4.78 is 0. The Balaban J connectivity index is 1.95. The Hall–Kier alpha value is -0.970. The summed E-state index contributed by atoms with van der Waals surface area (Å²) in [6.07, 6.45) is 9.24. The molecule has 0 aliphatic heterocycles. The molecule has 1 heterocycles. The van der Waals surface area contributed by atoms with Crippen molar-refractivity contribution in [2.75, 3.05) is 20.6 Å². The molecule has 23 heavy (non-hydrogen) atoms. The second-order valence-electron chi connectivity index (χ2n) is 7.26. The Morgan fingerprint density at radius 1 is 1.30 bits per heavy atom. The van der Waals surface area contributed by atoms with Crippen molar-refractivity contribution in [1.29, 1.82) is 0 Å². The number of aliphatic hydroxyl groups is 1. The number of aromatic nitrogens is 1. The van der Waals surface area contributed by atoms with Gasteiger partial charge in [-0.1, -0.05) is 19.4 Å². The highest BCUT2D eigenvalue weighted by Gasteiger charge is 2.33. The third-order valence-electron chi connectivity index (χ3n) is 4.81. The minimum absolute atomic E-state index is 0.545. The van der Waals surface area contributed by atoms with Crippen molar-refractivity contribution in [3.05, 3.63) is 29.6 Å². The van der Waals surface area contributed by atoms with E-state index < -0.39 is 5.60 Å². The average Bonchev–Trinajstić information content (AvgIpc) is 2.71. The van der Waals surface area contributed by atoms with E-state index in [-0.39, 0.29) is 0 Å². The number of nitrogens with one attached hydrogen (secondary N) is 1. The summed E-state index contributed by atoms with van der Waals surface area (Å²) in [4.78, 5) is 6.70. The molecule has 1 aliphatic rings. The lowest BCUT2D eigenvalue weighted by Crippen LogP contribution is -2.31. The molecule has 2 N–H and O–H groups in total. The fourth-order valence-corrected chi connectivity index (χ4v) is 3.42. The maximum absolute atomic E-state index is 11.1. The summed E-state index contributed by atoms with van der Waals surface area (Å²) in [6, 6.07) is 4.66. The monoisotopic (exact) mass is 319 g/mol. The molecule has 0 radical (unpaired) electrons. The number of nitrogens with zero attached hydrogens (tertiary/aromatic N) is 2. The van der Waals surface area contributed by atoms with Gasteiger partial charge in [0.2, 0.25) is 0 Å². The van der Waals surface area contributed by atoms with Gasteiger partial charge < -0.3 is 15.3 Å². The molecular weight excluding hydrogens is 286 g/mol. The molecule has 0 saturated heterocycles. The van der Waals surface area contributed by atoms with Gasteiger partial charge in [0, 0.05) is 18.8 Å². The van der Waals surface area contributed by atoms with Crippen molar-refractivity contribution in [3.63, 3.8) is 0 Å².